The zero-order chi connectivity index (χ0) is 16.8. The molecule has 1 unspecified atom stereocenters. The van der Waals surface area contributed by atoms with Gasteiger partial charge in [-0.05, 0) is 12.1 Å². The molecule has 2 aromatic rings. The topological polar surface area (TPSA) is 111 Å². The van der Waals surface area contributed by atoms with Crippen molar-refractivity contribution >= 4 is 28.8 Å². The van der Waals surface area contributed by atoms with Crippen molar-refractivity contribution in [3.63, 3.8) is 0 Å². The fourth-order valence-electron chi connectivity index (χ4n) is 1.88. The quantitative estimate of drug-likeness (QED) is 0.317. The SMILES string of the molecule is O=C(CC(=O)c1cccc([NH+]([O-])O)c1)C(=O)Nc1ccccc1. The molecular weight excluding hydrogens is 300 g/mol. The lowest BCUT2D eigenvalue weighted by molar-refractivity contribution is -0.991. The molecule has 118 valence electrons. The predicted octanol–water partition coefficient (Wildman–Crippen LogP) is 0.871. The number of amides is 1. The zero-order valence-corrected chi connectivity index (χ0v) is 12.0. The molecule has 0 heterocycles. The van der Waals surface area contributed by atoms with Gasteiger partial charge >= 0.3 is 0 Å². The first-order valence-electron chi connectivity index (χ1n) is 6.73. The van der Waals surface area contributed by atoms with Crippen LogP contribution in [0.2, 0.25) is 0 Å². The molecule has 0 saturated carbocycles. The van der Waals surface area contributed by atoms with Crippen LogP contribution in [-0.2, 0) is 9.59 Å². The first kappa shape index (κ1) is 16.5. The smallest absolute Gasteiger partial charge is 0.292 e. The Bertz CT molecular complexity index is 728. The number of quaternary nitrogens is 1. The molecule has 0 aliphatic carbocycles. The second-order valence-electron chi connectivity index (χ2n) is 4.73. The van der Waals surface area contributed by atoms with Gasteiger partial charge in [-0.3, -0.25) is 14.4 Å². The van der Waals surface area contributed by atoms with Crippen molar-refractivity contribution < 1.29 is 24.8 Å². The normalized spacial score (nSPS) is 11.6. The molecule has 23 heavy (non-hydrogen) atoms. The number of ketones is 2. The van der Waals surface area contributed by atoms with E-state index in [0.717, 1.165) is 0 Å². The van der Waals surface area contributed by atoms with Gasteiger partial charge in [0.2, 0.25) is 5.78 Å². The maximum atomic E-state index is 12.0. The molecular formula is C16H14N2O5. The standard InChI is InChI=1S/C16H14N2O5/c19-14(11-5-4-8-13(9-11)18(22)23)10-15(20)16(21)17-12-6-2-1-3-7-12/h1-9,18,22H,10H2,(H,17,21). The number of carbonyl (C=O) groups excluding carboxylic acids is 3. The number of nitrogens with one attached hydrogen (secondary N) is 2. The van der Waals surface area contributed by atoms with Crippen LogP contribution in [0.5, 0.6) is 0 Å². The third-order valence-electron chi connectivity index (χ3n) is 3.04. The van der Waals surface area contributed by atoms with Crippen LogP contribution in [0.4, 0.5) is 11.4 Å². The van der Waals surface area contributed by atoms with E-state index in [2.05, 4.69) is 5.32 Å². The Morgan fingerprint density at radius 2 is 1.74 bits per heavy atom. The molecule has 0 aromatic heterocycles. The number of hydrogen-bond acceptors (Lipinski definition) is 5. The van der Waals surface area contributed by atoms with E-state index in [1.54, 1.807) is 30.3 Å². The highest BCUT2D eigenvalue weighted by atomic mass is 16.8. The third-order valence-corrected chi connectivity index (χ3v) is 3.04. The Kier molecular flexibility index (Phi) is 5.32. The number of anilines is 1. The Morgan fingerprint density at radius 3 is 2.39 bits per heavy atom. The summed E-state index contributed by atoms with van der Waals surface area (Å²) in [7, 11) is 0. The summed E-state index contributed by atoms with van der Waals surface area (Å²) in [6, 6.07) is 13.7. The molecule has 0 aliphatic rings. The van der Waals surface area contributed by atoms with Crippen LogP contribution >= 0.6 is 0 Å². The van der Waals surface area contributed by atoms with E-state index in [4.69, 9.17) is 5.21 Å². The van der Waals surface area contributed by atoms with Crippen molar-refractivity contribution in [1.29, 1.82) is 0 Å². The highest BCUT2D eigenvalue weighted by Gasteiger charge is 2.19. The highest BCUT2D eigenvalue weighted by molar-refractivity contribution is 6.44. The van der Waals surface area contributed by atoms with E-state index in [1.165, 1.54) is 24.3 Å². The average molecular weight is 314 g/mol. The van der Waals surface area contributed by atoms with Crippen LogP contribution in [0, 0.1) is 5.21 Å². The maximum absolute atomic E-state index is 12.0. The van der Waals surface area contributed by atoms with Crippen molar-refractivity contribution in [2.75, 3.05) is 5.32 Å². The van der Waals surface area contributed by atoms with E-state index in [1.807, 2.05) is 0 Å². The van der Waals surface area contributed by atoms with Gasteiger partial charge in [0, 0.05) is 23.4 Å². The zero-order valence-electron chi connectivity index (χ0n) is 12.0. The van der Waals surface area contributed by atoms with Crippen molar-refractivity contribution in [1.82, 2.24) is 0 Å². The van der Waals surface area contributed by atoms with Gasteiger partial charge in [-0.15, -0.1) is 0 Å². The lowest BCUT2D eigenvalue weighted by Crippen LogP contribution is -2.99. The largest absolute Gasteiger partial charge is 0.595 e. The van der Waals surface area contributed by atoms with E-state index in [9.17, 15) is 19.6 Å². The summed E-state index contributed by atoms with van der Waals surface area (Å²) in [5, 5.41) is 21.0. The van der Waals surface area contributed by atoms with Crippen LogP contribution in [0.1, 0.15) is 16.8 Å². The molecule has 0 aliphatic heterocycles. The molecule has 2 aromatic carbocycles. The van der Waals surface area contributed by atoms with E-state index in [0.29, 0.717) is 5.69 Å². The Labute approximate surface area is 131 Å². The molecule has 1 amide bonds. The van der Waals surface area contributed by atoms with Crippen LogP contribution < -0.4 is 10.5 Å². The third kappa shape index (κ3) is 4.55. The Morgan fingerprint density at radius 1 is 1.04 bits per heavy atom. The first-order valence-corrected chi connectivity index (χ1v) is 6.73. The van der Waals surface area contributed by atoms with Crippen molar-refractivity contribution in [2.24, 2.45) is 0 Å². The maximum Gasteiger partial charge on any atom is 0.292 e. The van der Waals surface area contributed by atoms with Crippen LogP contribution in [0.3, 0.4) is 0 Å². The van der Waals surface area contributed by atoms with Gasteiger partial charge in [-0.2, -0.15) is 5.23 Å². The highest BCUT2D eigenvalue weighted by Crippen LogP contribution is 2.10. The molecule has 2 rings (SSSR count). The van der Waals surface area contributed by atoms with Gasteiger partial charge < -0.3 is 10.5 Å². The summed E-state index contributed by atoms with van der Waals surface area (Å²) in [5.74, 6) is -2.39. The summed E-state index contributed by atoms with van der Waals surface area (Å²) in [4.78, 5) is 35.5. The summed E-state index contributed by atoms with van der Waals surface area (Å²) >= 11 is 0. The van der Waals surface area contributed by atoms with Crippen LogP contribution in [0.25, 0.3) is 0 Å². The number of para-hydroxylation sites is 1. The van der Waals surface area contributed by atoms with Gasteiger partial charge in [0.25, 0.3) is 5.91 Å². The molecule has 7 heteroatoms. The first-order chi connectivity index (χ1) is 11.0. The van der Waals surface area contributed by atoms with Gasteiger partial charge in [-0.25, -0.2) is 5.21 Å². The molecule has 0 bridgehead atoms. The Hall–Kier alpha value is -2.87. The van der Waals surface area contributed by atoms with Gasteiger partial charge in [0.1, 0.15) is 0 Å². The van der Waals surface area contributed by atoms with Crippen molar-refractivity contribution in [3.8, 4) is 0 Å². The molecule has 1 atom stereocenters. The lowest BCUT2D eigenvalue weighted by atomic mass is 10.0. The van der Waals surface area contributed by atoms with Crippen LogP contribution in [-0.4, -0.2) is 22.7 Å². The van der Waals surface area contributed by atoms with Gasteiger partial charge in [0.15, 0.2) is 11.5 Å². The monoisotopic (exact) mass is 314 g/mol. The molecule has 3 N–H and O–H groups in total. The number of Topliss-reactive ketones (excluding diaryl/α,β-unsaturated/α-hetero) is 2. The van der Waals surface area contributed by atoms with Gasteiger partial charge in [-0.1, -0.05) is 30.3 Å². The molecule has 0 saturated heterocycles. The van der Waals surface area contributed by atoms with E-state index < -0.39 is 29.1 Å². The minimum absolute atomic E-state index is 0.0583. The van der Waals surface area contributed by atoms with Crippen molar-refractivity contribution in [2.45, 2.75) is 6.42 Å². The number of rotatable bonds is 6. The van der Waals surface area contributed by atoms with E-state index in [-0.39, 0.29) is 11.3 Å². The summed E-state index contributed by atoms with van der Waals surface area (Å²) in [5.41, 5.74) is 0.467. The number of hydrogen-bond donors (Lipinski definition) is 3. The summed E-state index contributed by atoms with van der Waals surface area (Å²) in [6.45, 7) is 0. The summed E-state index contributed by atoms with van der Waals surface area (Å²) in [6.07, 6.45) is -0.623. The lowest BCUT2D eigenvalue weighted by Gasteiger charge is -2.11. The van der Waals surface area contributed by atoms with Crippen LogP contribution in [0.15, 0.2) is 54.6 Å². The molecule has 0 fully saturated rings. The Balaban J connectivity index is 2.00. The second-order valence-corrected chi connectivity index (χ2v) is 4.73. The molecule has 7 nitrogen and oxygen atoms in total. The average Bonchev–Trinajstić information content (AvgIpc) is 2.55. The fraction of sp³-hybridized carbons (Fsp3) is 0.0625. The minimum Gasteiger partial charge on any atom is -0.595 e. The predicted molar refractivity (Wildman–Crippen MR) is 81.2 cm³/mol. The minimum atomic E-state index is -1.17. The van der Waals surface area contributed by atoms with Crippen molar-refractivity contribution in [3.05, 3.63) is 65.4 Å². The number of carbonyl (C=O) groups is 3. The fourth-order valence-corrected chi connectivity index (χ4v) is 1.88. The van der Waals surface area contributed by atoms with E-state index >= 15 is 0 Å². The molecule has 0 spiro atoms. The number of benzene rings is 2. The van der Waals surface area contributed by atoms with Gasteiger partial charge in [0.05, 0.1) is 6.42 Å². The second kappa shape index (κ2) is 7.41. The molecule has 0 radical (unpaired) electrons. The summed E-state index contributed by atoms with van der Waals surface area (Å²) < 4.78 is 0.